The monoisotopic (exact) mass is 230 g/mol. The van der Waals surface area contributed by atoms with Gasteiger partial charge in [-0.15, -0.1) is 0 Å². The average molecular weight is 231 g/mol. The van der Waals surface area contributed by atoms with E-state index < -0.39 is 0 Å². The standard InChI is InChI=1S/C10H8Cl2O2/c11-7-4-6(5-8(13)10(7)12)9-2-1-3-14-9/h1-3,6H,4-5H2. The van der Waals surface area contributed by atoms with Gasteiger partial charge >= 0.3 is 0 Å². The number of allylic oxidation sites excluding steroid dienone is 2. The lowest BCUT2D eigenvalue weighted by molar-refractivity contribution is -0.115. The van der Waals surface area contributed by atoms with Gasteiger partial charge in [0.1, 0.15) is 5.76 Å². The number of ketones is 1. The van der Waals surface area contributed by atoms with Crippen LogP contribution in [-0.2, 0) is 4.79 Å². The maximum absolute atomic E-state index is 11.4. The van der Waals surface area contributed by atoms with E-state index in [0.717, 1.165) is 5.76 Å². The fourth-order valence-electron chi connectivity index (χ4n) is 1.57. The molecule has 1 heterocycles. The number of Topliss-reactive ketones (excluding diaryl/α,β-unsaturated/α-hetero) is 1. The second kappa shape index (κ2) is 3.79. The van der Waals surface area contributed by atoms with E-state index >= 15 is 0 Å². The van der Waals surface area contributed by atoms with Crippen molar-refractivity contribution in [3.8, 4) is 0 Å². The summed E-state index contributed by atoms with van der Waals surface area (Å²) >= 11 is 11.6. The molecule has 0 N–H and O–H groups in total. The maximum Gasteiger partial charge on any atom is 0.176 e. The third-order valence-electron chi connectivity index (χ3n) is 2.29. The minimum atomic E-state index is -0.107. The van der Waals surface area contributed by atoms with Crippen molar-refractivity contribution in [1.29, 1.82) is 0 Å². The average Bonchev–Trinajstić information content (AvgIpc) is 2.66. The van der Waals surface area contributed by atoms with Gasteiger partial charge in [-0.25, -0.2) is 0 Å². The van der Waals surface area contributed by atoms with E-state index in [0.29, 0.717) is 17.9 Å². The Bertz CT molecular complexity index is 379. The van der Waals surface area contributed by atoms with Gasteiger partial charge in [-0.3, -0.25) is 4.79 Å². The van der Waals surface area contributed by atoms with Gasteiger partial charge < -0.3 is 4.42 Å². The summed E-state index contributed by atoms with van der Waals surface area (Å²) in [7, 11) is 0. The van der Waals surface area contributed by atoms with Crippen LogP contribution in [0.5, 0.6) is 0 Å². The molecule has 14 heavy (non-hydrogen) atoms. The third kappa shape index (κ3) is 1.72. The molecule has 0 aliphatic heterocycles. The van der Waals surface area contributed by atoms with Gasteiger partial charge in [0.25, 0.3) is 0 Å². The van der Waals surface area contributed by atoms with Crippen molar-refractivity contribution in [3.05, 3.63) is 34.2 Å². The molecule has 0 saturated carbocycles. The molecule has 0 fully saturated rings. The second-order valence-corrected chi connectivity index (χ2v) is 4.10. The van der Waals surface area contributed by atoms with Crippen LogP contribution >= 0.6 is 23.2 Å². The number of carbonyl (C=O) groups is 1. The van der Waals surface area contributed by atoms with Crippen LogP contribution in [0.2, 0.25) is 0 Å². The lowest BCUT2D eigenvalue weighted by Crippen LogP contribution is -2.13. The summed E-state index contributed by atoms with van der Waals surface area (Å²) in [5.41, 5.74) is 0. The van der Waals surface area contributed by atoms with Crippen LogP contribution in [0.4, 0.5) is 0 Å². The summed E-state index contributed by atoms with van der Waals surface area (Å²) in [5, 5.41) is 0.610. The van der Waals surface area contributed by atoms with E-state index in [4.69, 9.17) is 27.6 Å². The fourth-order valence-corrected chi connectivity index (χ4v) is 2.01. The lowest BCUT2D eigenvalue weighted by atomic mass is 9.91. The zero-order valence-electron chi connectivity index (χ0n) is 7.30. The SMILES string of the molecule is O=C1CC(c2ccco2)CC(Cl)=C1Cl. The predicted octanol–water partition coefficient (Wildman–Crippen LogP) is 3.42. The van der Waals surface area contributed by atoms with Gasteiger partial charge in [-0.05, 0) is 18.6 Å². The molecular weight excluding hydrogens is 223 g/mol. The van der Waals surface area contributed by atoms with Gasteiger partial charge in [0.15, 0.2) is 5.78 Å². The molecule has 74 valence electrons. The normalized spacial score (nSPS) is 23.0. The van der Waals surface area contributed by atoms with Crippen LogP contribution in [0, 0.1) is 0 Å². The highest BCUT2D eigenvalue weighted by Gasteiger charge is 2.28. The molecule has 0 amide bonds. The van der Waals surface area contributed by atoms with Gasteiger partial charge in [-0.1, -0.05) is 23.2 Å². The van der Waals surface area contributed by atoms with Crippen molar-refractivity contribution in [2.24, 2.45) is 0 Å². The van der Waals surface area contributed by atoms with Gasteiger partial charge in [0, 0.05) is 17.4 Å². The number of rotatable bonds is 1. The highest BCUT2D eigenvalue weighted by Crippen LogP contribution is 2.37. The van der Waals surface area contributed by atoms with Crippen molar-refractivity contribution in [3.63, 3.8) is 0 Å². The van der Waals surface area contributed by atoms with E-state index in [1.54, 1.807) is 12.3 Å². The van der Waals surface area contributed by atoms with Gasteiger partial charge in [0.2, 0.25) is 0 Å². The molecule has 1 unspecified atom stereocenters. The molecule has 1 aromatic rings. The number of carbonyl (C=O) groups excluding carboxylic acids is 1. The van der Waals surface area contributed by atoms with Crippen molar-refractivity contribution < 1.29 is 9.21 Å². The molecule has 0 aromatic carbocycles. The Hall–Kier alpha value is -0.730. The molecule has 1 atom stereocenters. The largest absolute Gasteiger partial charge is 0.469 e. The first-order chi connectivity index (χ1) is 6.68. The minimum Gasteiger partial charge on any atom is -0.469 e. The van der Waals surface area contributed by atoms with E-state index in [-0.39, 0.29) is 16.7 Å². The van der Waals surface area contributed by atoms with Gasteiger partial charge in [-0.2, -0.15) is 0 Å². The molecule has 1 aromatic heterocycles. The minimum absolute atomic E-state index is 0.0347. The summed E-state index contributed by atoms with van der Waals surface area (Å²) in [6, 6.07) is 3.65. The highest BCUT2D eigenvalue weighted by atomic mass is 35.5. The Kier molecular flexibility index (Phi) is 2.66. The van der Waals surface area contributed by atoms with Crippen LogP contribution in [0.1, 0.15) is 24.5 Å². The zero-order chi connectivity index (χ0) is 10.1. The summed E-state index contributed by atoms with van der Waals surface area (Å²) in [4.78, 5) is 11.4. The second-order valence-electron chi connectivity index (χ2n) is 3.26. The topological polar surface area (TPSA) is 30.2 Å². The van der Waals surface area contributed by atoms with Crippen molar-refractivity contribution >= 4 is 29.0 Å². The predicted molar refractivity (Wildman–Crippen MR) is 54.4 cm³/mol. The van der Waals surface area contributed by atoms with E-state index in [1.807, 2.05) is 6.07 Å². The van der Waals surface area contributed by atoms with Crippen LogP contribution < -0.4 is 0 Å². The Morgan fingerprint density at radius 2 is 2.14 bits per heavy atom. The number of furan rings is 1. The fraction of sp³-hybridized carbons (Fsp3) is 0.300. The molecule has 2 nitrogen and oxygen atoms in total. The van der Waals surface area contributed by atoms with Crippen molar-refractivity contribution in [1.82, 2.24) is 0 Å². The molecule has 1 aliphatic carbocycles. The molecule has 0 radical (unpaired) electrons. The molecule has 4 heteroatoms. The van der Waals surface area contributed by atoms with Crippen molar-refractivity contribution in [2.45, 2.75) is 18.8 Å². The van der Waals surface area contributed by atoms with E-state index in [9.17, 15) is 4.79 Å². The molecule has 2 rings (SSSR count). The van der Waals surface area contributed by atoms with E-state index in [2.05, 4.69) is 0 Å². The first-order valence-corrected chi connectivity index (χ1v) is 5.05. The Morgan fingerprint density at radius 1 is 1.36 bits per heavy atom. The molecule has 0 bridgehead atoms. The Morgan fingerprint density at radius 3 is 2.71 bits per heavy atom. The maximum atomic E-state index is 11.4. The Labute approximate surface area is 91.5 Å². The lowest BCUT2D eigenvalue weighted by Gasteiger charge is -2.18. The first-order valence-electron chi connectivity index (χ1n) is 4.29. The molecule has 1 aliphatic rings. The molecule has 0 spiro atoms. The number of hydrogen-bond donors (Lipinski definition) is 0. The summed E-state index contributed by atoms with van der Waals surface area (Å²) in [5.74, 6) is 0.720. The molecule has 0 saturated heterocycles. The van der Waals surface area contributed by atoms with E-state index in [1.165, 1.54) is 0 Å². The van der Waals surface area contributed by atoms with Crippen LogP contribution in [0.25, 0.3) is 0 Å². The van der Waals surface area contributed by atoms with Crippen molar-refractivity contribution in [2.75, 3.05) is 0 Å². The molecular formula is C10H8Cl2O2. The summed E-state index contributed by atoms with van der Waals surface area (Å²) < 4.78 is 5.23. The van der Waals surface area contributed by atoms with Crippen LogP contribution in [0.15, 0.2) is 32.9 Å². The summed E-state index contributed by atoms with van der Waals surface area (Å²) in [6.45, 7) is 0. The first kappa shape index (κ1) is 9.81. The zero-order valence-corrected chi connectivity index (χ0v) is 8.81. The summed E-state index contributed by atoms with van der Waals surface area (Å²) in [6.07, 6.45) is 2.55. The number of hydrogen-bond acceptors (Lipinski definition) is 2. The third-order valence-corrected chi connectivity index (χ3v) is 3.16. The van der Waals surface area contributed by atoms with Gasteiger partial charge in [0.05, 0.1) is 11.3 Å². The number of halogens is 2. The quantitative estimate of drug-likeness (QED) is 0.741. The Balaban J connectivity index is 2.25. The van der Waals surface area contributed by atoms with Crippen LogP contribution in [0.3, 0.4) is 0 Å². The highest BCUT2D eigenvalue weighted by molar-refractivity contribution is 6.48. The smallest absolute Gasteiger partial charge is 0.176 e. The van der Waals surface area contributed by atoms with Crippen LogP contribution in [-0.4, -0.2) is 5.78 Å².